The van der Waals surface area contributed by atoms with Crippen LogP contribution in [0.3, 0.4) is 0 Å². The number of aliphatic hydroxyl groups excluding tert-OH is 1. The van der Waals surface area contributed by atoms with E-state index >= 15 is 0 Å². The van der Waals surface area contributed by atoms with Gasteiger partial charge in [-0.1, -0.05) is 13.8 Å². The Bertz CT molecular complexity index is 180. The summed E-state index contributed by atoms with van der Waals surface area (Å²) in [5.41, 5.74) is 0. The summed E-state index contributed by atoms with van der Waals surface area (Å²) in [7, 11) is 1.60. The van der Waals surface area contributed by atoms with Gasteiger partial charge in [0.1, 0.15) is 5.78 Å². The van der Waals surface area contributed by atoms with Crippen molar-refractivity contribution < 1.29 is 19.4 Å². The van der Waals surface area contributed by atoms with E-state index in [1.807, 2.05) is 13.8 Å². The van der Waals surface area contributed by atoms with E-state index in [1.54, 1.807) is 7.11 Å². The second kappa shape index (κ2) is 9.75. The van der Waals surface area contributed by atoms with E-state index in [0.717, 1.165) is 0 Å². The van der Waals surface area contributed by atoms with Crippen LogP contribution in [0.25, 0.3) is 0 Å². The van der Waals surface area contributed by atoms with Crippen molar-refractivity contribution in [2.45, 2.75) is 39.2 Å². The van der Waals surface area contributed by atoms with Crippen molar-refractivity contribution in [1.29, 1.82) is 0 Å². The second-order valence-corrected chi connectivity index (χ2v) is 4.40. The van der Waals surface area contributed by atoms with Gasteiger partial charge < -0.3 is 14.6 Å². The molecule has 1 N–H and O–H groups in total. The molecular formula is C12H24O4. The molecule has 0 aliphatic heterocycles. The first kappa shape index (κ1) is 15.6. The largest absolute Gasteiger partial charge is 0.391 e. The maximum Gasteiger partial charge on any atom is 0.133 e. The van der Waals surface area contributed by atoms with Crippen molar-refractivity contribution in [1.82, 2.24) is 0 Å². The molecular weight excluding hydrogens is 208 g/mol. The lowest BCUT2D eigenvalue weighted by Crippen LogP contribution is -2.18. The molecule has 4 heteroatoms. The minimum atomic E-state index is -0.548. The third-order valence-electron chi connectivity index (χ3n) is 2.13. The third-order valence-corrected chi connectivity index (χ3v) is 2.13. The van der Waals surface area contributed by atoms with Gasteiger partial charge in [0.15, 0.2) is 0 Å². The first-order valence-electron chi connectivity index (χ1n) is 5.82. The summed E-state index contributed by atoms with van der Waals surface area (Å²) in [6.45, 7) is 5.31. The highest BCUT2D eigenvalue weighted by atomic mass is 16.5. The number of Topliss-reactive ketones (excluding diaryl/α,β-unsaturated/α-hetero) is 1. The summed E-state index contributed by atoms with van der Waals surface area (Å²) >= 11 is 0. The third kappa shape index (κ3) is 10.1. The summed E-state index contributed by atoms with van der Waals surface area (Å²) < 4.78 is 9.97. The van der Waals surface area contributed by atoms with Gasteiger partial charge in [-0.05, 0) is 12.3 Å². The first-order chi connectivity index (χ1) is 7.56. The number of carbonyl (C=O) groups excluding carboxylic acids is 1. The Labute approximate surface area is 97.9 Å². The minimum Gasteiger partial charge on any atom is -0.391 e. The zero-order valence-corrected chi connectivity index (χ0v) is 10.6. The molecule has 0 spiro atoms. The summed E-state index contributed by atoms with van der Waals surface area (Å²) in [6, 6.07) is 0. The van der Waals surface area contributed by atoms with Crippen molar-refractivity contribution >= 4 is 5.78 Å². The fourth-order valence-corrected chi connectivity index (χ4v) is 1.33. The van der Waals surface area contributed by atoms with Crippen molar-refractivity contribution in [3.05, 3.63) is 0 Å². The molecule has 0 amide bonds. The predicted molar refractivity (Wildman–Crippen MR) is 62.4 cm³/mol. The number of rotatable bonds is 10. The van der Waals surface area contributed by atoms with Gasteiger partial charge >= 0.3 is 0 Å². The normalized spacial score (nSPS) is 13.1. The molecule has 4 nitrogen and oxygen atoms in total. The van der Waals surface area contributed by atoms with E-state index in [-0.39, 0.29) is 12.4 Å². The molecule has 0 aliphatic rings. The van der Waals surface area contributed by atoms with Crippen molar-refractivity contribution in [3.8, 4) is 0 Å². The van der Waals surface area contributed by atoms with Crippen LogP contribution < -0.4 is 0 Å². The lowest BCUT2D eigenvalue weighted by Gasteiger charge is -2.11. The molecule has 0 radical (unpaired) electrons. The average Bonchev–Trinajstić information content (AvgIpc) is 2.20. The van der Waals surface area contributed by atoms with Crippen LogP contribution in [-0.2, 0) is 14.3 Å². The lowest BCUT2D eigenvalue weighted by atomic mass is 10.0. The Morgan fingerprint density at radius 1 is 1.31 bits per heavy atom. The Balaban J connectivity index is 3.42. The number of ether oxygens (including phenoxy) is 2. The topological polar surface area (TPSA) is 55.8 Å². The predicted octanol–water partition coefficient (Wildman–Crippen LogP) is 1.41. The minimum absolute atomic E-state index is 0.214. The standard InChI is InChI=1S/C12H24O4/c1-10(2)8-11(13)4-5-12(14)9-16-7-6-15-3/h10,12,14H,4-9H2,1-3H3. The van der Waals surface area contributed by atoms with Crippen LogP contribution >= 0.6 is 0 Å². The van der Waals surface area contributed by atoms with Crippen LogP contribution in [0.15, 0.2) is 0 Å². The fraction of sp³-hybridized carbons (Fsp3) is 0.917. The molecule has 96 valence electrons. The summed E-state index contributed by atoms with van der Waals surface area (Å²) in [5.74, 6) is 0.605. The molecule has 1 unspecified atom stereocenters. The van der Waals surface area contributed by atoms with E-state index in [4.69, 9.17) is 9.47 Å². The quantitative estimate of drug-likeness (QED) is 0.579. The Kier molecular flexibility index (Phi) is 9.48. The number of hydrogen-bond donors (Lipinski definition) is 1. The Hall–Kier alpha value is -0.450. The van der Waals surface area contributed by atoms with Gasteiger partial charge in [-0.25, -0.2) is 0 Å². The second-order valence-electron chi connectivity index (χ2n) is 4.40. The van der Waals surface area contributed by atoms with E-state index < -0.39 is 6.10 Å². The van der Waals surface area contributed by atoms with Gasteiger partial charge in [0, 0.05) is 20.0 Å². The summed E-state index contributed by atoms with van der Waals surface area (Å²) in [5, 5.41) is 9.51. The van der Waals surface area contributed by atoms with Crippen molar-refractivity contribution in [3.63, 3.8) is 0 Å². The van der Waals surface area contributed by atoms with Gasteiger partial charge in [-0.15, -0.1) is 0 Å². The van der Waals surface area contributed by atoms with E-state index in [2.05, 4.69) is 0 Å². The lowest BCUT2D eigenvalue weighted by molar-refractivity contribution is -0.120. The van der Waals surface area contributed by atoms with Crippen LogP contribution in [0.2, 0.25) is 0 Å². The zero-order valence-electron chi connectivity index (χ0n) is 10.6. The van der Waals surface area contributed by atoms with Gasteiger partial charge in [0.2, 0.25) is 0 Å². The highest BCUT2D eigenvalue weighted by Gasteiger charge is 2.09. The molecule has 16 heavy (non-hydrogen) atoms. The molecule has 0 rings (SSSR count). The number of methoxy groups -OCH3 is 1. The molecule has 0 saturated heterocycles. The smallest absolute Gasteiger partial charge is 0.133 e. The Morgan fingerprint density at radius 2 is 2.00 bits per heavy atom. The molecule has 0 heterocycles. The molecule has 0 aromatic heterocycles. The van der Waals surface area contributed by atoms with Crippen molar-refractivity contribution in [2.24, 2.45) is 5.92 Å². The number of aliphatic hydroxyl groups is 1. The van der Waals surface area contributed by atoms with E-state index in [0.29, 0.717) is 38.4 Å². The highest BCUT2D eigenvalue weighted by Crippen LogP contribution is 2.06. The molecule has 0 aromatic carbocycles. The maximum absolute atomic E-state index is 11.4. The number of carbonyl (C=O) groups is 1. The zero-order chi connectivity index (χ0) is 12.4. The molecule has 0 fully saturated rings. The van der Waals surface area contributed by atoms with Crippen LogP contribution in [0.4, 0.5) is 0 Å². The monoisotopic (exact) mass is 232 g/mol. The number of ketones is 1. The van der Waals surface area contributed by atoms with Crippen LogP contribution in [0.5, 0.6) is 0 Å². The fourth-order valence-electron chi connectivity index (χ4n) is 1.33. The first-order valence-corrected chi connectivity index (χ1v) is 5.82. The van der Waals surface area contributed by atoms with Crippen LogP contribution in [0, 0.1) is 5.92 Å². The van der Waals surface area contributed by atoms with E-state index in [9.17, 15) is 9.90 Å². The molecule has 0 bridgehead atoms. The molecule has 0 saturated carbocycles. The van der Waals surface area contributed by atoms with Gasteiger partial charge in [-0.2, -0.15) is 0 Å². The Morgan fingerprint density at radius 3 is 2.56 bits per heavy atom. The highest BCUT2D eigenvalue weighted by molar-refractivity contribution is 5.78. The molecule has 0 aromatic rings. The average molecular weight is 232 g/mol. The summed E-state index contributed by atoms with van der Waals surface area (Å²) in [4.78, 5) is 11.4. The van der Waals surface area contributed by atoms with Gasteiger partial charge in [0.05, 0.1) is 25.9 Å². The maximum atomic E-state index is 11.4. The van der Waals surface area contributed by atoms with Gasteiger partial charge in [-0.3, -0.25) is 4.79 Å². The van der Waals surface area contributed by atoms with Crippen molar-refractivity contribution in [2.75, 3.05) is 26.9 Å². The van der Waals surface area contributed by atoms with E-state index in [1.165, 1.54) is 0 Å². The van der Waals surface area contributed by atoms with Crippen LogP contribution in [-0.4, -0.2) is 43.9 Å². The van der Waals surface area contributed by atoms with Gasteiger partial charge in [0.25, 0.3) is 0 Å². The molecule has 1 atom stereocenters. The SMILES string of the molecule is COCCOCC(O)CCC(=O)CC(C)C. The summed E-state index contributed by atoms with van der Waals surface area (Å²) in [6.07, 6.45) is 0.968. The van der Waals surface area contributed by atoms with Crippen LogP contribution in [0.1, 0.15) is 33.1 Å². The number of hydrogen-bond acceptors (Lipinski definition) is 4. The molecule has 0 aliphatic carbocycles.